The molecule has 2 bridgehead atoms. The van der Waals surface area contributed by atoms with E-state index in [0.29, 0.717) is 25.9 Å². The number of amides is 1. The molecule has 1 N–H and O–H groups in total. The molecule has 3 aliphatic carbocycles. The molecule has 4 unspecified atom stereocenters. The lowest BCUT2D eigenvalue weighted by atomic mass is 9.65. The topological polar surface area (TPSA) is 66.8 Å². The van der Waals surface area contributed by atoms with Crippen molar-refractivity contribution in [2.75, 3.05) is 6.54 Å². The van der Waals surface area contributed by atoms with E-state index in [1.165, 1.54) is 16.9 Å². The van der Waals surface area contributed by atoms with E-state index >= 15 is 0 Å². The number of allylic oxidation sites excluding steroid dienone is 2. The van der Waals surface area contributed by atoms with Crippen LogP contribution in [0.25, 0.3) is 10.8 Å². The number of benzene rings is 3. The number of hydrogen-bond donors (Lipinski definition) is 1. The van der Waals surface area contributed by atoms with Crippen molar-refractivity contribution < 1.29 is 19.4 Å². The monoisotopic (exact) mass is 633 g/mol. The van der Waals surface area contributed by atoms with Crippen molar-refractivity contribution in [2.45, 2.75) is 89.9 Å². The second-order valence-electron chi connectivity index (χ2n) is 14.0. The highest BCUT2D eigenvalue weighted by atomic mass is 32.1. The number of carbonyl (C=O) groups excluding carboxylic acids is 2. The second-order valence-corrected chi connectivity index (χ2v) is 15.3. The van der Waals surface area contributed by atoms with Crippen LogP contribution >= 0.6 is 11.3 Å². The zero-order valence-corrected chi connectivity index (χ0v) is 27.9. The third-order valence-electron chi connectivity index (χ3n) is 11.1. The van der Waals surface area contributed by atoms with E-state index in [-0.39, 0.29) is 17.8 Å². The minimum atomic E-state index is -0.660. The highest BCUT2D eigenvalue weighted by Crippen LogP contribution is 2.62. The van der Waals surface area contributed by atoms with Gasteiger partial charge >= 0.3 is 6.09 Å². The van der Waals surface area contributed by atoms with Crippen LogP contribution in [0.15, 0.2) is 84.4 Å². The Balaban J connectivity index is 1.29. The molecule has 5 nitrogen and oxygen atoms in total. The Kier molecular flexibility index (Phi) is 8.14. The average molecular weight is 634 g/mol. The fourth-order valence-electron chi connectivity index (χ4n) is 8.43. The molecule has 4 atom stereocenters. The highest BCUT2D eigenvalue weighted by molar-refractivity contribution is 7.14. The van der Waals surface area contributed by atoms with Gasteiger partial charge in [0.1, 0.15) is 5.60 Å². The van der Waals surface area contributed by atoms with Crippen LogP contribution in [0.2, 0.25) is 0 Å². The summed E-state index contributed by atoms with van der Waals surface area (Å²) in [6.45, 7) is 7.51. The minimum absolute atomic E-state index is 0.0356. The summed E-state index contributed by atoms with van der Waals surface area (Å²) in [5.74, 6) is 0.0741. The molecule has 0 radical (unpaired) electrons. The number of carbonyl (C=O) groups is 2. The van der Waals surface area contributed by atoms with E-state index in [0.717, 1.165) is 74.9 Å². The maximum atomic E-state index is 14.2. The molecule has 1 saturated carbocycles. The van der Waals surface area contributed by atoms with Gasteiger partial charge in [-0.2, -0.15) is 0 Å². The number of thiophene rings is 1. The third-order valence-corrected chi connectivity index (χ3v) is 12.1. The molecule has 3 aromatic carbocycles. The van der Waals surface area contributed by atoms with Gasteiger partial charge in [-0.25, -0.2) is 4.79 Å². The molecule has 46 heavy (non-hydrogen) atoms. The van der Waals surface area contributed by atoms with Gasteiger partial charge in [0, 0.05) is 22.4 Å². The molecule has 1 spiro atoms. The van der Waals surface area contributed by atoms with Gasteiger partial charge in [-0.15, -0.1) is 11.3 Å². The number of ketones is 1. The molecule has 4 aromatic rings. The number of nitrogens with zero attached hydrogens (tertiary/aromatic N) is 1. The van der Waals surface area contributed by atoms with Gasteiger partial charge in [0.2, 0.25) is 5.78 Å². The van der Waals surface area contributed by atoms with Crippen LogP contribution in [-0.2, 0) is 17.7 Å². The average Bonchev–Trinajstić information content (AvgIpc) is 3.70. The zero-order chi connectivity index (χ0) is 32.1. The SMILES string of the molecule is CC1=CCCC2(C)C(CCC23CN(Cc2cccc4ccccc24)C(=O)O3)c2ccc(cc2C(=O)c2ccc(C)s2)CC(O)CC1. The van der Waals surface area contributed by atoms with Crippen molar-refractivity contribution in [3.63, 3.8) is 0 Å². The van der Waals surface area contributed by atoms with E-state index < -0.39 is 17.1 Å². The van der Waals surface area contributed by atoms with Gasteiger partial charge in [0.05, 0.1) is 17.5 Å². The zero-order valence-electron chi connectivity index (χ0n) is 27.1. The van der Waals surface area contributed by atoms with E-state index in [1.807, 2.05) is 42.2 Å². The van der Waals surface area contributed by atoms with Gasteiger partial charge in [-0.05, 0) is 110 Å². The molecular weight excluding hydrogens is 591 g/mol. The second kappa shape index (κ2) is 12.1. The van der Waals surface area contributed by atoms with Crippen molar-refractivity contribution in [2.24, 2.45) is 5.41 Å². The number of aryl methyl sites for hydroxylation is 1. The molecular formula is C40H43NO4S. The Bertz CT molecular complexity index is 1830. The largest absolute Gasteiger partial charge is 0.440 e. The lowest BCUT2D eigenvalue weighted by Crippen LogP contribution is -2.48. The molecule has 2 heterocycles. The van der Waals surface area contributed by atoms with Crippen LogP contribution in [-0.4, -0.2) is 40.1 Å². The Labute approximate surface area is 275 Å². The van der Waals surface area contributed by atoms with Crippen LogP contribution in [0.1, 0.15) is 95.1 Å². The number of aliphatic hydroxyl groups excluding tert-OH is 1. The van der Waals surface area contributed by atoms with Crippen molar-refractivity contribution in [1.82, 2.24) is 4.90 Å². The number of ether oxygens (including phenoxy) is 1. The summed E-state index contributed by atoms with van der Waals surface area (Å²) >= 11 is 1.53. The molecule has 1 aromatic heterocycles. The maximum Gasteiger partial charge on any atom is 0.410 e. The predicted octanol–water partition coefficient (Wildman–Crippen LogP) is 9.14. The Hall–Kier alpha value is -3.74. The molecule has 4 aliphatic rings. The standard InChI is InChI=1S/C40H43NO4S/c1-26-8-7-20-39(3)35(33-17-15-28(22-31(42)16-13-26)23-34(33)37(43)36-18-14-27(2)46-36)19-21-40(39)25-41(38(44)45-40)24-30-11-6-10-29-9-4-5-12-32(29)30/h4-6,8-12,14-15,17-18,23,31,35,42H,7,13,16,19-22,24-25H2,1-3H3. The first-order valence-electron chi connectivity index (χ1n) is 16.7. The minimum Gasteiger partial charge on any atom is -0.440 e. The molecule has 1 amide bonds. The molecule has 6 heteroatoms. The molecule has 1 saturated heterocycles. The predicted molar refractivity (Wildman–Crippen MR) is 185 cm³/mol. The normalized spacial score (nSPS) is 26.7. The van der Waals surface area contributed by atoms with Crippen LogP contribution < -0.4 is 0 Å². The first-order valence-corrected chi connectivity index (χ1v) is 17.5. The smallest absolute Gasteiger partial charge is 0.410 e. The first kappa shape index (κ1) is 30.9. The Morgan fingerprint density at radius 3 is 2.67 bits per heavy atom. The third kappa shape index (κ3) is 5.50. The Morgan fingerprint density at radius 1 is 1.02 bits per heavy atom. The van der Waals surface area contributed by atoms with Crippen LogP contribution in [0, 0.1) is 12.3 Å². The van der Waals surface area contributed by atoms with Crippen molar-refractivity contribution in [3.05, 3.63) is 116 Å². The summed E-state index contributed by atoms with van der Waals surface area (Å²) < 4.78 is 6.57. The number of hydrogen-bond acceptors (Lipinski definition) is 5. The fourth-order valence-corrected chi connectivity index (χ4v) is 9.25. The summed E-state index contributed by atoms with van der Waals surface area (Å²) in [6.07, 6.45) is 6.89. The molecule has 1 aliphatic heterocycles. The molecule has 238 valence electrons. The van der Waals surface area contributed by atoms with Gasteiger partial charge in [-0.3, -0.25) is 9.69 Å². The maximum absolute atomic E-state index is 14.2. The fraction of sp³-hybridized carbons (Fsp3) is 0.400. The van der Waals surface area contributed by atoms with Gasteiger partial charge in [0.25, 0.3) is 0 Å². The van der Waals surface area contributed by atoms with E-state index in [2.05, 4.69) is 62.4 Å². The Morgan fingerprint density at radius 2 is 1.85 bits per heavy atom. The van der Waals surface area contributed by atoms with Crippen molar-refractivity contribution in [3.8, 4) is 0 Å². The number of fused-ring (bicyclic) bond motifs is 9. The van der Waals surface area contributed by atoms with E-state index in [4.69, 9.17) is 4.74 Å². The van der Waals surface area contributed by atoms with Gasteiger partial charge in [-0.1, -0.05) is 73.2 Å². The summed E-state index contributed by atoms with van der Waals surface area (Å²) in [5.41, 5.74) is 4.09. The summed E-state index contributed by atoms with van der Waals surface area (Å²) in [4.78, 5) is 31.7. The molecule has 8 rings (SSSR count). The van der Waals surface area contributed by atoms with Crippen molar-refractivity contribution in [1.29, 1.82) is 0 Å². The molecule has 2 fully saturated rings. The van der Waals surface area contributed by atoms with Crippen LogP contribution in [0.3, 0.4) is 0 Å². The summed E-state index contributed by atoms with van der Waals surface area (Å²) in [5, 5.41) is 13.2. The van der Waals surface area contributed by atoms with Gasteiger partial charge in [0.15, 0.2) is 0 Å². The number of aliphatic hydroxyl groups is 1. The van der Waals surface area contributed by atoms with E-state index in [1.54, 1.807) is 0 Å². The first-order chi connectivity index (χ1) is 22.2. The summed E-state index contributed by atoms with van der Waals surface area (Å²) in [6, 6.07) is 24.8. The van der Waals surface area contributed by atoms with Gasteiger partial charge < -0.3 is 9.84 Å². The van der Waals surface area contributed by atoms with Crippen molar-refractivity contribution >= 4 is 34.0 Å². The number of rotatable bonds is 4. The lowest BCUT2D eigenvalue weighted by molar-refractivity contribution is -0.0373. The quantitative estimate of drug-likeness (QED) is 0.180. The van der Waals surface area contributed by atoms with Crippen LogP contribution in [0.4, 0.5) is 4.79 Å². The van der Waals surface area contributed by atoms with E-state index in [9.17, 15) is 14.7 Å². The lowest BCUT2D eigenvalue weighted by Gasteiger charge is -2.43. The highest BCUT2D eigenvalue weighted by Gasteiger charge is 2.64. The van der Waals surface area contributed by atoms with Crippen LogP contribution in [0.5, 0.6) is 0 Å². The summed E-state index contributed by atoms with van der Waals surface area (Å²) in [7, 11) is 0.